The number of benzene rings is 1. The van der Waals surface area contributed by atoms with Crippen molar-refractivity contribution in [2.75, 3.05) is 17.6 Å². The van der Waals surface area contributed by atoms with Crippen molar-refractivity contribution >= 4 is 11.4 Å². The van der Waals surface area contributed by atoms with Crippen molar-refractivity contribution in [2.45, 2.75) is 46.0 Å². The summed E-state index contributed by atoms with van der Waals surface area (Å²) in [6.45, 7) is 5.49. The van der Waals surface area contributed by atoms with Crippen LogP contribution in [-0.2, 0) is 0 Å². The highest BCUT2D eigenvalue weighted by Gasteiger charge is 2.18. The first kappa shape index (κ1) is 13.3. The van der Waals surface area contributed by atoms with Crippen molar-refractivity contribution in [1.82, 2.24) is 0 Å². The van der Waals surface area contributed by atoms with E-state index in [2.05, 4.69) is 37.4 Å². The van der Waals surface area contributed by atoms with E-state index in [1.54, 1.807) is 0 Å². The molecule has 0 aliphatic heterocycles. The number of nitrogens with one attached hydrogen (secondary N) is 1. The van der Waals surface area contributed by atoms with E-state index in [1.165, 1.54) is 32.1 Å². The minimum Gasteiger partial charge on any atom is -0.397 e. The molecule has 18 heavy (non-hydrogen) atoms. The number of hydrogen-bond acceptors (Lipinski definition) is 2. The van der Waals surface area contributed by atoms with Gasteiger partial charge in [0.1, 0.15) is 0 Å². The van der Waals surface area contributed by atoms with Crippen LogP contribution in [0.5, 0.6) is 0 Å². The van der Waals surface area contributed by atoms with Crippen LogP contribution < -0.4 is 11.1 Å². The van der Waals surface area contributed by atoms with Crippen LogP contribution in [0.15, 0.2) is 18.2 Å². The second-order valence-electron chi connectivity index (χ2n) is 5.89. The molecule has 1 aromatic carbocycles. The fourth-order valence-electron chi connectivity index (χ4n) is 3.07. The smallest absolute Gasteiger partial charge is 0.0579 e. The third-order valence-electron chi connectivity index (χ3n) is 4.24. The molecule has 1 fully saturated rings. The SMILES string of the molecule is Cc1cccc(NCCC2CCCC(C)C2)c1N. The summed E-state index contributed by atoms with van der Waals surface area (Å²) in [6.07, 6.45) is 6.94. The molecule has 1 saturated carbocycles. The Bertz CT molecular complexity index is 387. The maximum Gasteiger partial charge on any atom is 0.0579 e. The number of rotatable bonds is 4. The van der Waals surface area contributed by atoms with Gasteiger partial charge in [-0.15, -0.1) is 0 Å². The average molecular weight is 246 g/mol. The van der Waals surface area contributed by atoms with Crippen molar-refractivity contribution in [1.29, 1.82) is 0 Å². The summed E-state index contributed by atoms with van der Waals surface area (Å²) in [5, 5.41) is 3.49. The Morgan fingerprint density at radius 3 is 2.94 bits per heavy atom. The second-order valence-corrected chi connectivity index (χ2v) is 5.89. The molecular formula is C16H26N2. The van der Waals surface area contributed by atoms with Crippen molar-refractivity contribution in [3.63, 3.8) is 0 Å². The van der Waals surface area contributed by atoms with Crippen LogP contribution in [0.3, 0.4) is 0 Å². The highest BCUT2D eigenvalue weighted by atomic mass is 14.9. The molecule has 1 aromatic rings. The van der Waals surface area contributed by atoms with Crippen LogP contribution in [-0.4, -0.2) is 6.54 Å². The monoisotopic (exact) mass is 246 g/mol. The second kappa shape index (κ2) is 6.12. The first-order valence-corrected chi connectivity index (χ1v) is 7.25. The van der Waals surface area contributed by atoms with Crippen LogP contribution in [0.25, 0.3) is 0 Å². The van der Waals surface area contributed by atoms with E-state index in [1.807, 2.05) is 0 Å². The van der Waals surface area contributed by atoms with E-state index < -0.39 is 0 Å². The third kappa shape index (κ3) is 3.41. The van der Waals surface area contributed by atoms with Gasteiger partial charge in [-0.3, -0.25) is 0 Å². The molecule has 0 aromatic heterocycles. The van der Waals surface area contributed by atoms with Gasteiger partial charge in [0, 0.05) is 6.54 Å². The summed E-state index contributed by atoms with van der Waals surface area (Å²) in [6, 6.07) is 6.20. The van der Waals surface area contributed by atoms with Crippen molar-refractivity contribution in [3.05, 3.63) is 23.8 Å². The third-order valence-corrected chi connectivity index (χ3v) is 4.24. The molecule has 1 aliphatic carbocycles. The fourth-order valence-corrected chi connectivity index (χ4v) is 3.07. The maximum absolute atomic E-state index is 6.06. The molecule has 0 amide bonds. The van der Waals surface area contributed by atoms with E-state index in [9.17, 15) is 0 Å². The summed E-state index contributed by atoms with van der Waals surface area (Å²) in [4.78, 5) is 0. The van der Waals surface area contributed by atoms with Gasteiger partial charge in [0.2, 0.25) is 0 Å². The molecule has 0 bridgehead atoms. The molecule has 0 radical (unpaired) electrons. The number of nitrogens with two attached hydrogens (primary N) is 1. The van der Waals surface area contributed by atoms with E-state index >= 15 is 0 Å². The lowest BCUT2D eigenvalue weighted by atomic mass is 9.81. The Morgan fingerprint density at radius 1 is 1.33 bits per heavy atom. The van der Waals surface area contributed by atoms with Gasteiger partial charge in [-0.05, 0) is 43.2 Å². The number of para-hydroxylation sites is 1. The zero-order valence-corrected chi connectivity index (χ0v) is 11.7. The number of hydrogen-bond donors (Lipinski definition) is 2. The maximum atomic E-state index is 6.06. The van der Waals surface area contributed by atoms with Crippen LogP contribution in [0, 0.1) is 18.8 Å². The lowest BCUT2D eigenvalue weighted by Gasteiger charge is -2.26. The molecular weight excluding hydrogens is 220 g/mol. The average Bonchev–Trinajstić information content (AvgIpc) is 2.35. The zero-order chi connectivity index (χ0) is 13.0. The molecule has 0 spiro atoms. The molecule has 2 unspecified atom stereocenters. The molecule has 0 saturated heterocycles. The van der Waals surface area contributed by atoms with Crippen LogP contribution in [0.1, 0.15) is 44.6 Å². The van der Waals surface area contributed by atoms with Crippen LogP contribution >= 0.6 is 0 Å². The van der Waals surface area contributed by atoms with E-state index in [0.29, 0.717) is 0 Å². The Labute approximate surface area is 111 Å². The molecule has 1 aliphatic rings. The van der Waals surface area contributed by atoms with Crippen molar-refractivity contribution in [3.8, 4) is 0 Å². The highest BCUT2D eigenvalue weighted by Crippen LogP contribution is 2.31. The van der Waals surface area contributed by atoms with Gasteiger partial charge in [-0.1, -0.05) is 38.3 Å². The predicted molar refractivity (Wildman–Crippen MR) is 79.8 cm³/mol. The number of aryl methyl sites for hydroxylation is 1. The van der Waals surface area contributed by atoms with E-state index in [4.69, 9.17) is 5.73 Å². The van der Waals surface area contributed by atoms with Crippen LogP contribution in [0.2, 0.25) is 0 Å². The Morgan fingerprint density at radius 2 is 2.17 bits per heavy atom. The Hall–Kier alpha value is -1.18. The lowest BCUT2D eigenvalue weighted by Crippen LogP contribution is -2.17. The predicted octanol–water partition coefficient (Wildman–Crippen LogP) is 4.21. The molecule has 0 heterocycles. The fraction of sp³-hybridized carbons (Fsp3) is 0.625. The zero-order valence-electron chi connectivity index (χ0n) is 11.7. The first-order chi connectivity index (χ1) is 8.66. The van der Waals surface area contributed by atoms with Crippen LogP contribution in [0.4, 0.5) is 11.4 Å². The topological polar surface area (TPSA) is 38.0 Å². The first-order valence-electron chi connectivity index (χ1n) is 7.25. The summed E-state index contributed by atoms with van der Waals surface area (Å²) in [7, 11) is 0. The lowest BCUT2D eigenvalue weighted by molar-refractivity contribution is 0.274. The molecule has 3 N–H and O–H groups in total. The summed E-state index contributed by atoms with van der Waals surface area (Å²) >= 11 is 0. The number of nitrogen functional groups attached to an aromatic ring is 1. The number of anilines is 2. The summed E-state index contributed by atoms with van der Waals surface area (Å²) < 4.78 is 0. The standard InChI is InChI=1S/C16H26N2/c1-12-5-3-7-14(11-12)9-10-18-15-8-4-6-13(2)16(15)17/h4,6,8,12,14,18H,3,5,7,9-11,17H2,1-2H3. The summed E-state index contributed by atoms with van der Waals surface area (Å²) in [5.74, 6) is 1.83. The van der Waals surface area contributed by atoms with Gasteiger partial charge in [-0.2, -0.15) is 0 Å². The molecule has 2 nitrogen and oxygen atoms in total. The van der Waals surface area contributed by atoms with Gasteiger partial charge < -0.3 is 11.1 Å². The highest BCUT2D eigenvalue weighted by molar-refractivity contribution is 5.69. The largest absolute Gasteiger partial charge is 0.397 e. The molecule has 100 valence electrons. The van der Waals surface area contributed by atoms with Gasteiger partial charge in [0.05, 0.1) is 11.4 Å². The molecule has 2 rings (SSSR count). The Kier molecular flexibility index (Phi) is 4.51. The van der Waals surface area contributed by atoms with Gasteiger partial charge in [0.25, 0.3) is 0 Å². The van der Waals surface area contributed by atoms with Gasteiger partial charge in [0.15, 0.2) is 0 Å². The van der Waals surface area contributed by atoms with Gasteiger partial charge >= 0.3 is 0 Å². The van der Waals surface area contributed by atoms with Crippen molar-refractivity contribution < 1.29 is 0 Å². The van der Waals surface area contributed by atoms with Gasteiger partial charge in [-0.25, -0.2) is 0 Å². The normalized spacial score (nSPS) is 23.9. The summed E-state index contributed by atoms with van der Waals surface area (Å²) in [5.41, 5.74) is 9.21. The Balaban J connectivity index is 1.79. The van der Waals surface area contributed by atoms with E-state index in [-0.39, 0.29) is 0 Å². The minimum absolute atomic E-state index is 0.898. The molecule has 2 heteroatoms. The minimum atomic E-state index is 0.898. The van der Waals surface area contributed by atoms with Crippen molar-refractivity contribution in [2.24, 2.45) is 11.8 Å². The quantitative estimate of drug-likeness (QED) is 0.781. The molecule has 2 atom stereocenters. The van der Waals surface area contributed by atoms with E-state index in [0.717, 1.165) is 35.3 Å².